The summed E-state index contributed by atoms with van der Waals surface area (Å²) in [5.41, 5.74) is 2.04. The SMILES string of the molecule is CCOC(=O)CC(NC(=O)CCC1CCNCC1)c1ccccc1C.Cl. The molecule has 0 spiro atoms. The highest BCUT2D eigenvalue weighted by atomic mass is 35.5. The monoisotopic (exact) mass is 382 g/mol. The van der Waals surface area contributed by atoms with E-state index in [-0.39, 0.29) is 36.7 Å². The molecule has 1 unspecified atom stereocenters. The molecule has 1 amide bonds. The molecule has 0 aliphatic carbocycles. The van der Waals surface area contributed by atoms with Gasteiger partial charge in [0.1, 0.15) is 0 Å². The van der Waals surface area contributed by atoms with Crippen molar-refractivity contribution in [2.45, 2.75) is 52.0 Å². The van der Waals surface area contributed by atoms with Gasteiger partial charge < -0.3 is 15.4 Å². The van der Waals surface area contributed by atoms with Gasteiger partial charge in [-0.3, -0.25) is 9.59 Å². The molecule has 0 aromatic heterocycles. The van der Waals surface area contributed by atoms with Crippen LogP contribution in [0.2, 0.25) is 0 Å². The number of amides is 1. The maximum Gasteiger partial charge on any atom is 0.308 e. The second kappa shape index (κ2) is 11.9. The first-order valence-electron chi connectivity index (χ1n) is 9.31. The van der Waals surface area contributed by atoms with Crippen LogP contribution in [-0.4, -0.2) is 31.6 Å². The quantitative estimate of drug-likeness (QED) is 0.677. The summed E-state index contributed by atoms with van der Waals surface area (Å²) < 4.78 is 5.07. The Labute approximate surface area is 162 Å². The molecule has 0 bridgehead atoms. The summed E-state index contributed by atoms with van der Waals surface area (Å²) in [4.78, 5) is 24.4. The lowest BCUT2D eigenvalue weighted by Crippen LogP contribution is -2.32. The lowest BCUT2D eigenvalue weighted by Gasteiger charge is -2.23. The number of hydrogen-bond acceptors (Lipinski definition) is 4. The van der Waals surface area contributed by atoms with Gasteiger partial charge in [0.15, 0.2) is 0 Å². The minimum atomic E-state index is -0.333. The van der Waals surface area contributed by atoms with Crippen LogP contribution in [0, 0.1) is 12.8 Å². The second-order valence-corrected chi connectivity index (χ2v) is 6.72. The number of esters is 1. The van der Waals surface area contributed by atoms with Crippen molar-refractivity contribution in [3.8, 4) is 0 Å². The van der Waals surface area contributed by atoms with E-state index in [0.717, 1.165) is 43.5 Å². The molecule has 1 atom stereocenters. The van der Waals surface area contributed by atoms with Crippen molar-refractivity contribution in [1.29, 1.82) is 0 Å². The standard InChI is InChI=1S/C20H30N2O3.ClH/c1-3-25-20(24)14-18(17-7-5-4-6-15(17)2)22-19(23)9-8-16-10-12-21-13-11-16;/h4-7,16,18,21H,3,8-14H2,1-2H3,(H,22,23);1H. The van der Waals surface area contributed by atoms with Gasteiger partial charge in [-0.05, 0) is 63.2 Å². The van der Waals surface area contributed by atoms with Gasteiger partial charge in [0.25, 0.3) is 0 Å². The number of carbonyl (C=O) groups is 2. The summed E-state index contributed by atoms with van der Waals surface area (Å²) in [6.07, 6.45) is 3.86. The van der Waals surface area contributed by atoms with E-state index in [4.69, 9.17) is 4.74 Å². The molecule has 1 aliphatic rings. The zero-order valence-corrected chi connectivity index (χ0v) is 16.6. The fourth-order valence-corrected chi connectivity index (χ4v) is 3.38. The van der Waals surface area contributed by atoms with Crippen molar-refractivity contribution in [3.05, 3.63) is 35.4 Å². The number of rotatable bonds is 8. The molecule has 1 aromatic carbocycles. The number of nitrogens with one attached hydrogen (secondary N) is 2. The van der Waals surface area contributed by atoms with Gasteiger partial charge in [0.2, 0.25) is 5.91 Å². The summed E-state index contributed by atoms with van der Waals surface area (Å²) in [6.45, 7) is 6.22. The lowest BCUT2D eigenvalue weighted by atomic mass is 9.93. The summed E-state index contributed by atoms with van der Waals surface area (Å²) in [7, 11) is 0. The van der Waals surface area contributed by atoms with E-state index >= 15 is 0 Å². The van der Waals surface area contributed by atoms with Crippen LogP contribution in [0.3, 0.4) is 0 Å². The molecule has 2 rings (SSSR count). The Morgan fingerprint density at radius 1 is 1.27 bits per heavy atom. The molecule has 26 heavy (non-hydrogen) atoms. The lowest BCUT2D eigenvalue weighted by molar-refractivity contribution is -0.143. The van der Waals surface area contributed by atoms with Gasteiger partial charge in [-0.1, -0.05) is 24.3 Å². The first kappa shape index (κ1) is 22.5. The Morgan fingerprint density at radius 2 is 1.96 bits per heavy atom. The summed E-state index contributed by atoms with van der Waals surface area (Å²) in [6, 6.07) is 7.52. The Bertz CT molecular complexity index is 574. The van der Waals surface area contributed by atoms with Crippen LogP contribution in [-0.2, 0) is 14.3 Å². The average Bonchev–Trinajstić information content (AvgIpc) is 2.61. The van der Waals surface area contributed by atoms with Crippen LogP contribution >= 0.6 is 12.4 Å². The number of hydrogen-bond donors (Lipinski definition) is 2. The first-order chi connectivity index (χ1) is 12.1. The predicted octanol–water partition coefficient (Wildman–Crippen LogP) is 3.31. The molecule has 1 fully saturated rings. The minimum absolute atomic E-state index is 0. The van der Waals surface area contributed by atoms with Crippen LogP contribution in [0.25, 0.3) is 0 Å². The highest BCUT2D eigenvalue weighted by Gasteiger charge is 2.21. The average molecular weight is 383 g/mol. The van der Waals surface area contributed by atoms with Crippen molar-refractivity contribution in [1.82, 2.24) is 10.6 Å². The molecule has 1 aromatic rings. The van der Waals surface area contributed by atoms with E-state index in [1.807, 2.05) is 31.2 Å². The van der Waals surface area contributed by atoms with Crippen LogP contribution in [0.5, 0.6) is 0 Å². The Balaban J connectivity index is 0.00000338. The van der Waals surface area contributed by atoms with Crippen molar-refractivity contribution in [2.75, 3.05) is 19.7 Å². The Hall–Kier alpha value is -1.59. The van der Waals surface area contributed by atoms with Gasteiger partial charge in [-0.25, -0.2) is 0 Å². The molecule has 146 valence electrons. The molecule has 1 saturated heterocycles. The number of aryl methyl sites for hydroxylation is 1. The third-order valence-corrected chi connectivity index (χ3v) is 4.81. The molecule has 1 aliphatic heterocycles. The number of benzene rings is 1. The van der Waals surface area contributed by atoms with Crippen molar-refractivity contribution in [2.24, 2.45) is 5.92 Å². The molecular weight excluding hydrogens is 352 g/mol. The number of halogens is 1. The normalized spacial score (nSPS) is 15.6. The molecule has 0 radical (unpaired) electrons. The Kier molecular flexibility index (Phi) is 10.3. The van der Waals surface area contributed by atoms with E-state index in [2.05, 4.69) is 10.6 Å². The van der Waals surface area contributed by atoms with Gasteiger partial charge >= 0.3 is 5.97 Å². The van der Waals surface area contributed by atoms with E-state index in [9.17, 15) is 9.59 Å². The van der Waals surface area contributed by atoms with Crippen LogP contribution in [0.4, 0.5) is 0 Å². The topological polar surface area (TPSA) is 67.4 Å². The largest absolute Gasteiger partial charge is 0.466 e. The van der Waals surface area contributed by atoms with Crippen LogP contribution in [0.1, 0.15) is 56.2 Å². The molecule has 1 heterocycles. The first-order valence-corrected chi connectivity index (χ1v) is 9.31. The summed E-state index contributed by atoms with van der Waals surface area (Å²) in [5.74, 6) is 0.347. The molecular formula is C20H31ClN2O3. The maximum absolute atomic E-state index is 12.4. The molecule has 0 saturated carbocycles. The zero-order chi connectivity index (χ0) is 18.1. The fourth-order valence-electron chi connectivity index (χ4n) is 3.38. The van der Waals surface area contributed by atoms with Crippen molar-refractivity contribution < 1.29 is 14.3 Å². The smallest absolute Gasteiger partial charge is 0.308 e. The summed E-state index contributed by atoms with van der Waals surface area (Å²) in [5, 5.41) is 6.39. The number of ether oxygens (including phenoxy) is 1. The third-order valence-electron chi connectivity index (χ3n) is 4.81. The molecule has 5 nitrogen and oxygen atoms in total. The van der Waals surface area contributed by atoms with Gasteiger partial charge in [-0.2, -0.15) is 0 Å². The van der Waals surface area contributed by atoms with Crippen LogP contribution < -0.4 is 10.6 Å². The fraction of sp³-hybridized carbons (Fsp3) is 0.600. The van der Waals surface area contributed by atoms with E-state index in [0.29, 0.717) is 18.9 Å². The Morgan fingerprint density at radius 3 is 2.62 bits per heavy atom. The number of piperidine rings is 1. The zero-order valence-electron chi connectivity index (χ0n) is 15.8. The van der Waals surface area contributed by atoms with Gasteiger partial charge in [0, 0.05) is 6.42 Å². The van der Waals surface area contributed by atoms with E-state index in [1.54, 1.807) is 6.92 Å². The van der Waals surface area contributed by atoms with Gasteiger partial charge in [-0.15, -0.1) is 12.4 Å². The van der Waals surface area contributed by atoms with Crippen molar-refractivity contribution >= 4 is 24.3 Å². The second-order valence-electron chi connectivity index (χ2n) is 6.72. The predicted molar refractivity (Wildman–Crippen MR) is 105 cm³/mol. The minimum Gasteiger partial charge on any atom is -0.466 e. The molecule has 2 N–H and O–H groups in total. The van der Waals surface area contributed by atoms with E-state index < -0.39 is 0 Å². The van der Waals surface area contributed by atoms with Crippen molar-refractivity contribution in [3.63, 3.8) is 0 Å². The van der Waals surface area contributed by atoms with Crippen LogP contribution in [0.15, 0.2) is 24.3 Å². The van der Waals surface area contributed by atoms with Gasteiger partial charge in [0.05, 0.1) is 19.1 Å². The maximum atomic E-state index is 12.4. The third kappa shape index (κ3) is 7.34. The number of carbonyl (C=O) groups excluding carboxylic acids is 2. The highest BCUT2D eigenvalue weighted by Crippen LogP contribution is 2.22. The highest BCUT2D eigenvalue weighted by molar-refractivity contribution is 5.85. The molecule has 6 heteroatoms. The summed E-state index contributed by atoms with van der Waals surface area (Å²) >= 11 is 0. The van der Waals surface area contributed by atoms with E-state index in [1.165, 1.54) is 0 Å².